The van der Waals surface area contributed by atoms with E-state index in [1.165, 1.54) is 0 Å². The molecule has 0 rings (SSSR count). The highest BCUT2D eigenvalue weighted by Crippen LogP contribution is 1.99. The Balaban J connectivity index is 2.32. The molecule has 0 N–H and O–H groups in total. The van der Waals surface area contributed by atoms with E-state index in [0.717, 1.165) is 4.29 Å². The van der Waals surface area contributed by atoms with E-state index in [9.17, 15) is 0 Å². The van der Waals surface area contributed by atoms with Crippen molar-refractivity contribution in [3.63, 3.8) is 0 Å². The average molecular weight is 186 g/mol. The van der Waals surface area contributed by atoms with Gasteiger partial charge >= 0.3 is 0 Å². The van der Waals surface area contributed by atoms with Gasteiger partial charge in [-0.15, -0.1) is 22.4 Å². The molecule has 0 spiro atoms. The predicted molar refractivity (Wildman–Crippen MR) is 35.3 cm³/mol. The van der Waals surface area contributed by atoms with Gasteiger partial charge in [0.2, 0.25) is 4.29 Å². The molecule has 0 radical (unpaired) electrons. The minimum Gasteiger partial charge on any atom is -0.159 e. The van der Waals surface area contributed by atoms with Gasteiger partial charge in [0.05, 0.1) is 0 Å². The second-order valence-corrected chi connectivity index (χ2v) is 5.00. The van der Waals surface area contributed by atoms with Crippen molar-refractivity contribution in [3.8, 4) is 0 Å². The molecule has 0 aliphatic rings. The van der Waals surface area contributed by atoms with Crippen LogP contribution in [0.1, 0.15) is 0 Å². The van der Waals surface area contributed by atoms with Crippen LogP contribution in [0.15, 0.2) is 0 Å². The Morgan fingerprint density at radius 1 is 2.00 bits per heavy atom. The summed E-state index contributed by atoms with van der Waals surface area (Å²) in [5.41, 5.74) is 0. The lowest BCUT2D eigenvalue weighted by molar-refractivity contribution is 2.37. The van der Waals surface area contributed by atoms with Gasteiger partial charge in [-0.2, -0.15) is 9.12 Å². The molecule has 0 aromatic carbocycles. The monoisotopic (exact) mass is 186 g/mol. The maximum absolute atomic E-state index is 2.64. The molecule has 0 saturated heterocycles. The highest BCUT2D eigenvalue weighted by atomic mass is 127. The molecule has 4 heavy (non-hydrogen) atoms. The van der Waals surface area contributed by atoms with Crippen molar-refractivity contribution in [2.75, 3.05) is 0 Å². The van der Waals surface area contributed by atoms with E-state index in [1.807, 2.05) is 0 Å². The van der Waals surface area contributed by atoms with Crippen LogP contribution in [0.2, 0.25) is 6.82 Å². The summed E-state index contributed by atoms with van der Waals surface area (Å²) >= 11 is 2.31. The molecule has 1 atom stereocenters. The molecule has 0 heterocycles. The summed E-state index contributed by atoms with van der Waals surface area (Å²) in [7, 11) is 2.64. The SMILES string of the molecule is CB(P)I. The van der Waals surface area contributed by atoms with E-state index in [2.05, 4.69) is 38.3 Å². The number of hydrogen-bond donors (Lipinski definition) is 0. The molecule has 0 aliphatic carbocycles. The van der Waals surface area contributed by atoms with Gasteiger partial charge in [-0.05, 0) is 0 Å². The molecule has 3 heteroatoms. The fourth-order valence-corrected chi connectivity index (χ4v) is 0. The van der Waals surface area contributed by atoms with Crippen LogP contribution in [0.25, 0.3) is 0 Å². The third kappa shape index (κ3) is 10.6. The van der Waals surface area contributed by atoms with Crippen molar-refractivity contribution in [1.29, 1.82) is 0 Å². The predicted octanol–water partition coefficient (Wildman–Crippen LogP) is 1.41. The highest BCUT2D eigenvalue weighted by Gasteiger charge is 1.80. The van der Waals surface area contributed by atoms with Gasteiger partial charge in [-0.3, -0.25) is 0 Å². The smallest absolute Gasteiger partial charge is 0.159 e. The van der Waals surface area contributed by atoms with Crippen LogP contribution in [-0.2, 0) is 0 Å². The lowest BCUT2D eigenvalue weighted by atomic mass is 10.2. The van der Waals surface area contributed by atoms with Crippen molar-refractivity contribution in [2.45, 2.75) is 6.82 Å². The van der Waals surface area contributed by atoms with E-state index in [4.69, 9.17) is 0 Å². The quantitative estimate of drug-likeness (QED) is 0.304. The second-order valence-electron chi connectivity index (χ2n) is 0.678. The molecule has 0 aromatic heterocycles. The first-order valence-electron chi connectivity index (χ1n) is 1.13. The zero-order chi connectivity index (χ0) is 3.58. The van der Waals surface area contributed by atoms with Crippen molar-refractivity contribution >= 4 is 35.8 Å². The van der Waals surface area contributed by atoms with Crippen LogP contribution in [0.4, 0.5) is 0 Å². The molecule has 0 aliphatic heterocycles. The minimum atomic E-state index is 0.720. The van der Waals surface area contributed by atoms with Gasteiger partial charge in [0.25, 0.3) is 0 Å². The van der Waals surface area contributed by atoms with E-state index in [-0.39, 0.29) is 0 Å². The Kier molecular flexibility index (Phi) is 3.22. The molecule has 0 saturated carbocycles. The third-order valence-electron chi connectivity index (χ3n) is 0. The Hall–Kier alpha value is 1.22. The summed E-state index contributed by atoms with van der Waals surface area (Å²) in [6.45, 7) is 2.12. The summed E-state index contributed by atoms with van der Waals surface area (Å²) in [5, 5.41) is 0. The van der Waals surface area contributed by atoms with E-state index in [1.54, 1.807) is 0 Å². The summed E-state index contributed by atoms with van der Waals surface area (Å²) in [6, 6.07) is 0. The van der Waals surface area contributed by atoms with Crippen LogP contribution >= 0.6 is 31.5 Å². The van der Waals surface area contributed by atoms with E-state index in [0.29, 0.717) is 0 Å². The first-order chi connectivity index (χ1) is 1.73. The first kappa shape index (κ1) is 5.22. The highest BCUT2D eigenvalue weighted by molar-refractivity contribution is 14.1. The van der Waals surface area contributed by atoms with Crippen molar-refractivity contribution in [2.24, 2.45) is 0 Å². The fourth-order valence-electron chi connectivity index (χ4n) is 0. The van der Waals surface area contributed by atoms with E-state index < -0.39 is 0 Å². The summed E-state index contributed by atoms with van der Waals surface area (Å²) < 4.78 is 0.720. The number of halogens is 1. The van der Waals surface area contributed by atoms with Gasteiger partial charge in [-0.25, -0.2) is 0 Å². The summed E-state index contributed by atoms with van der Waals surface area (Å²) in [6.07, 6.45) is 0. The van der Waals surface area contributed by atoms with Gasteiger partial charge in [-0.1, -0.05) is 6.82 Å². The topological polar surface area (TPSA) is 0 Å². The normalized spacial score (nSPS) is 6.75. The lowest BCUT2D eigenvalue weighted by Gasteiger charge is -1.69. The molecular weight excluding hydrogens is 181 g/mol. The van der Waals surface area contributed by atoms with E-state index >= 15 is 0 Å². The maximum atomic E-state index is 2.64. The molecule has 0 nitrogen and oxygen atoms in total. The molecule has 0 fully saturated rings. The average Bonchev–Trinajstić information content (AvgIpc) is 0.811. The largest absolute Gasteiger partial charge is 0.236 e. The molecule has 0 bridgehead atoms. The van der Waals surface area contributed by atoms with Gasteiger partial charge in [0, 0.05) is 0 Å². The van der Waals surface area contributed by atoms with Gasteiger partial charge < -0.3 is 0 Å². The second kappa shape index (κ2) is 2.46. The number of rotatable bonds is 0. The molecule has 0 aromatic rings. The Labute approximate surface area is 42.8 Å². The Morgan fingerprint density at radius 3 is 2.00 bits per heavy atom. The zero-order valence-corrected chi connectivity index (χ0v) is 5.84. The Morgan fingerprint density at radius 2 is 2.00 bits per heavy atom. The van der Waals surface area contributed by atoms with Crippen LogP contribution in [0.5, 0.6) is 0 Å². The standard InChI is InChI=1S/CH5BIP/c1-2(3)4/h4H2,1H3. The number of hydrogen-bond acceptors (Lipinski definition) is 0. The summed E-state index contributed by atoms with van der Waals surface area (Å²) in [5.74, 6) is 0. The van der Waals surface area contributed by atoms with Crippen LogP contribution < -0.4 is 0 Å². The van der Waals surface area contributed by atoms with Crippen molar-refractivity contribution in [3.05, 3.63) is 0 Å². The van der Waals surface area contributed by atoms with Crippen LogP contribution in [-0.4, -0.2) is 4.29 Å². The van der Waals surface area contributed by atoms with Crippen LogP contribution in [0, 0.1) is 0 Å². The molecular formula is CH5BIP. The summed E-state index contributed by atoms with van der Waals surface area (Å²) in [4.78, 5) is 0. The molecule has 0 amide bonds. The van der Waals surface area contributed by atoms with Crippen LogP contribution in [0.3, 0.4) is 0 Å². The zero-order valence-electron chi connectivity index (χ0n) is 2.53. The minimum absolute atomic E-state index is 0.720. The molecule has 1 unspecified atom stereocenters. The van der Waals surface area contributed by atoms with Crippen molar-refractivity contribution < 1.29 is 0 Å². The molecule has 24 valence electrons. The maximum Gasteiger partial charge on any atom is 0.236 e. The van der Waals surface area contributed by atoms with Gasteiger partial charge in [0.15, 0.2) is 0 Å². The third-order valence-corrected chi connectivity index (χ3v) is 0. The Bertz CT molecular complexity index is 12.8. The lowest BCUT2D eigenvalue weighted by Crippen LogP contribution is -1.69. The van der Waals surface area contributed by atoms with Gasteiger partial charge in [0.1, 0.15) is 0 Å². The fraction of sp³-hybridized carbons (Fsp3) is 1.00. The van der Waals surface area contributed by atoms with Crippen molar-refractivity contribution in [1.82, 2.24) is 0 Å². The first-order valence-corrected chi connectivity index (χ1v) is 3.04.